The molecule has 0 N–H and O–H groups in total. The van der Waals surface area contributed by atoms with Crippen molar-refractivity contribution >= 4 is 12.1 Å². The lowest BCUT2D eigenvalue weighted by Crippen LogP contribution is -2.34. The average molecular weight is 204 g/mol. The third-order valence-corrected chi connectivity index (χ3v) is 2.95. The van der Waals surface area contributed by atoms with E-state index in [4.69, 9.17) is 0 Å². The van der Waals surface area contributed by atoms with Gasteiger partial charge < -0.3 is 9.69 Å². The number of rotatable bonds is 2. The fourth-order valence-electron chi connectivity index (χ4n) is 1.91. The van der Waals surface area contributed by atoms with Gasteiger partial charge in [0.1, 0.15) is 12.1 Å². The van der Waals surface area contributed by atoms with Crippen LogP contribution in [0.4, 0.5) is 5.82 Å². The largest absolute Gasteiger partial charge is 0.357 e. The van der Waals surface area contributed by atoms with Gasteiger partial charge in [-0.3, -0.25) is 0 Å². The van der Waals surface area contributed by atoms with Crippen molar-refractivity contribution in [1.29, 1.82) is 0 Å². The van der Waals surface area contributed by atoms with Crippen LogP contribution >= 0.6 is 0 Å². The maximum absolute atomic E-state index is 10.6. The molecule has 15 heavy (non-hydrogen) atoms. The van der Waals surface area contributed by atoms with Gasteiger partial charge in [0.25, 0.3) is 0 Å². The predicted molar refractivity (Wildman–Crippen MR) is 60.0 cm³/mol. The predicted octanol–water partition coefficient (Wildman–Crippen LogP) is 1.81. The Bertz CT molecular complexity index is 326. The Morgan fingerprint density at radius 1 is 1.40 bits per heavy atom. The summed E-state index contributed by atoms with van der Waals surface area (Å²) in [6.45, 7) is 3.92. The summed E-state index contributed by atoms with van der Waals surface area (Å²) in [5.41, 5.74) is 1.18. The molecular weight excluding hydrogens is 188 g/mol. The molecule has 80 valence electrons. The molecule has 3 nitrogen and oxygen atoms in total. The molecule has 0 saturated carbocycles. The average Bonchev–Trinajstić information content (AvgIpc) is 2.30. The summed E-state index contributed by atoms with van der Waals surface area (Å²) in [5, 5.41) is 0. The first-order chi connectivity index (χ1) is 7.29. The van der Waals surface area contributed by atoms with Crippen LogP contribution in [-0.2, 0) is 4.79 Å². The van der Waals surface area contributed by atoms with E-state index >= 15 is 0 Å². The molecule has 1 aromatic heterocycles. The van der Waals surface area contributed by atoms with Crippen LogP contribution in [0.15, 0.2) is 18.3 Å². The van der Waals surface area contributed by atoms with E-state index in [1.54, 1.807) is 0 Å². The summed E-state index contributed by atoms with van der Waals surface area (Å²) in [6, 6.07) is 4.13. The molecule has 0 aromatic carbocycles. The van der Waals surface area contributed by atoms with Crippen LogP contribution in [0.5, 0.6) is 0 Å². The molecule has 0 bridgehead atoms. The summed E-state index contributed by atoms with van der Waals surface area (Å²) in [4.78, 5) is 17.3. The number of aldehydes is 1. The lowest BCUT2D eigenvalue weighted by Gasteiger charge is -2.30. The Morgan fingerprint density at radius 3 is 2.67 bits per heavy atom. The minimum atomic E-state index is 0.256. The molecule has 0 radical (unpaired) electrons. The van der Waals surface area contributed by atoms with Crippen molar-refractivity contribution < 1.29 is 4.79 Å². The minimum absolute atomic E-state index is 0.256. The number of carbonyl (C=O) groups excluding carboxylic acids is 1. The lowest BCUT2D eigenvalue weighted by molar-refractivity contribution is -0.111. The Labute approximate surface area is 90.1 Å². The molecule has 3 heteroatoms. The van der Waals surface area contributed by atoms with Gasteiger partial charge in [-0.25, -0.2) is 4.98 Å². The van der Waals surface area contributed by atoms with E-state index in [2.05, 4.69) is 22.0 Å². The Hall–Kier alpha value is -1.38. The van der Waals surface area contributed by atoms with E-state index in [0.29, 0.717) is 0 Å². The molecule has 1 aromatic rings. The van der Waals surface area contributed by atoms with Gasteiger partial charge in [-0.1, -0.05) is 6.07 Å². The third-order valence-electron chi connectivity index (χ3n) is 2.95. The highest BCUT2D eigenvalue weighted by atomic mass is 16.1. The molecule has 0 unspecified atom stereocenters. The first-order valence-corrected chi connectivity index (χ1v) is 5.42. The Balaban J connectivity index is 2.01. The summed E-state index contributed by atoms with van der Waals surface area (Å²) >= 11 is 0. The molecule has 0 aliphatic carbocycles. The van der Waals surface area contributed by atoms with Crippen LogP contribution in [-0.4, -0.2) is 24.4 Å². The van der Waals surface area contributed by atoms with Crippen LogP contribution in [0, 0.1) is 12.8 Å². The van der Waals surface area contributed by atoms with Gasteiger partial charge in [0.15, 0.2) is 0 Å². The maximum Gasteiger partial charge on any atom is 0.128 e. The number of aromatic nitrogens is 1. The quantitative estimate of drug-likeness (QED) is 0.689. The van der Waals surface area contributed by atoms with Gasteiger partial charge in [0, 0.05) is 25.2 Å². The second-order valence-electron chi connectivity index (χ2n) is 4.15. The Kier molecular flexibility index (Phi) is 2.99. The highest BCUT2D eigenvalue weighted by Gasteiger charge is 2.18. The molecule has 0 amide bonds. The number of piperidine rings is 1. The van der Waals surface area contributed by atoms with E-state index < -0.39 is 0 Å². The van der Waals surface area contributed by atoms with Crippen molar-refractivity contribution in [2.45, 2.75) is 19.8 Å². The topological polar surface area (TPSA) is 33.2 Å². The lowest BCUT2D eigenvalue weighted by atomic mass is 9.99. The zero-order chi connectivity index (χ0) is 10.7. The van der Waals surface area contributed by atoms with E-state index in [1.165, 1.54) is 5.56 Å². The monoisotopic (exact) mass is 204 g/mol. The van der Waals surface area contributed by atoms with Crippen molar-refractivity contribution in [2.24, 2.45) is 5.92 Å². The fraction of sp³-hybridized carbons (Fsp3) is 0.500. The number of aryl methyl sites for hydroxylation is 1. The van der Waals surface area contributed by atoms with Crippen molar-refractivity contribution in [3.63, 3.8) is 0 Å². The van der Waals surface area contributed by atoms with Crippen molar-refractivity contribution in [1.82, 2.24) is 4.98 Å². The van der Waals surface area contributed by atoms with Crippen LogP contribution in [0.3, 0.4) is 0 Å². The smallest absolute Gasteiger partial charge is 0.128 e. The number of nitrogens with zero attached hydrogens (tertiary/aromatic N) is 2. The van der Waals surface area contributed by atoms with Crippen molar-refractivity contribution in [3.05, 3.63) is 23.9 Å². The normalized spacial score (nSPS) is 17.8. The first-order valence-electron chi connectivity index (χ1n) is 5.42. The molecule has 2 heterocycles. The number of anilines is 1. The van der Waals surface area contributed by atoms with Crippen LogP contribution < -0.4 is 4.90 Å². The van der Waals surface area contributed by atoms with E-state index in [9.17, 15) is 4.79 Å². The van der Waals surface area contributed by atoms with E-state index in [0.717, 1.165) is 38.0 Å². The highest BCUT2D eigenvalue weighted by Crippen LogP contribution is 2.20. The molecular formula is C12H16N2O. The zero-order valence-electron chi connectivity index (χ0n) is 9.02. The minimum Gasteiger partial charge on any atom is -0.357 e. The Morgan fingerprint density at radius 2 is 2.13 bits per heavy atom. The van der Waals surface area contributed by atoms with Gasteiger partial charge >= 0.3 is 0 Å². The molecule has 1 saturated heterocycles. The van der Waals surface area contributed by atoms with Gasteiger partial charge in [-0.15, -0.1) is 0 Å². The van der Waals surface area contributed by atoms with E-state index in [-0.39, 0.29) is 5.92 Å². The number of pyridine rings is 1. The summed E-state index contributed by atoms with van der Waals surface area (Å²) in [6.07, 6.45) is 4.89. The second kappa shape index (κ2) is 4.43. The molecule has 0 atom stereocenters. The van der Waals surface area contributed by atoms with Crippen LogP contribution in [0.1, 0.15) is 18.4 Å². The molecule has 0 spiro atoms. The summed E-state index contributed by atoms with van der Waals surface area (Å²) < 4.78 is 0. The van der Waals surface area contributed by atoms with Crippen LogP contribution in [0.2, 0.25) is 0 Å². The number of hydrogen-bond donors (Lipinski definition) is 0. The molecule has 1 aliphatic heterocycles. The SMILES string of the molecule is Cc1ccc(N2CCC(C=O)CC2)nc1. The van der Waals surface area contributed by atoms with Crippen molar-refractivity contribution in [2.75, 3.05) is 18.0 Å². The first kappa shape index (κ1) is 10.1. The fourth-order valence-corrected chi connectivity index (χ4v) is 1.91. The molecule has 1 aliphatic rings. The zero-order valence-corrected chi connectivity index (χ0v) is 9.02. The third kappa shape index (κ3) is 2.35. The molecule has 1 fully saturated rings. The van der Waals surface area contributed by atoms with Gasteiger partial charge in [-0.05, 0) is 31.4 Å². The molecule has 2 rings (SSSR count). The van der Waals surface area contributed by atoms with Crippen LogP contribution in [0.25, 0.3) is 0 Å². The number of hydrogen-bond acceptors (Lipinski definition) is 3. The number of carbonyl (C=O) groups is 1. The standard InChI is InChI=1S/C12H16N2O/c1-10-2-3-12(13-8-10)14-6-4-11(9-15)5-7-14/h2-3,8-9,11H,4-7H2,1H3. The maximum atomic E-state index is 10.6. The van der Waals surface area contributed by atoms with Gasteiger partial charge in [0.05, 0.1) is 0 Å². The van der Waals surface area contributed by atoms with Gasteiger partial charge in [-0.2, -0.15) is 0 Å². The summed E-state index contributed by atoms with van der Waals surface area (Å²) in [5.74, 6) is 1.29. The van der Waals surface area contributed by atoms with Gasteiger partial charge in [0.2, 0.25) is 0 Å². The van der Waals surface area contributed by atoms with E-state index in [1.807, 2.05) is 13.1 Å². The van der Waals surface area contributed by atoms with Crippen molar-refractivity contribution in [3.8, 4) is 0 Å². The highest BCUT2D eigenvalue weighted by molar-refractivity contribution is 5.54. The summed E-state index contributed by atoms with van der Waals surface area (Å²) in [7, 11) is 0. The second-order valence-corrected chi connectivity index (χ2v) is 4.15.